The SMILES string of the molecule is COc1nc(C)c(C)c2c1C(=O)OCC2.COc1nc(C)c2c(c1C)CCOC2=O. The highest BCUT2D eigenvalue weighted by atomic mass is 16.5. The number of ether oxygens (including phenoxy) is 4. The molecule has 2 aromatic heterocycles. The van der Waals surface area contributed by atoms with Gasteiger partial charge in [0.15, 0.2) is 0 Å². The Balaban J connectivity index is 0.000000171. The Labute approximate surface area is 175 Å². The summed E-state index contributed by atoms with van der Waals surface area (Å²) >= 11 is 0. The van der Waals surface area contributed by atoms with Crippen molar-refractivity contribution in [2.45, 2.75) is 40.5 Å². The molecule has 0 amide bonds. The van der Waals surface area contributed by atoms with Crippen molar-refractivity contribution in [2.75, 3.05) is 27.4 Å². The van der Waals surface area contributed by atoms with Gasteiger partial charge in [-0.2, -0.15) is 0 Å². The maximum Gasteiger partial charge on any atom is 0.343 e. The van der Waals surface area contributed by atoms with Crippen LogP contribution in [0.5, 0.6) is 11.8 Å². The van der Waals surface area contributed by atoms with E-state index in [1.165, 1.54) is 7.11 Å². The number of hydrogen-bond donors (Lipinski definition) is 0. The van der Waals surface area contributed by atoms with Gasteiger partial charge < -0.3 is 18.9 Å². The number of cyclic esters (lactones) is 2. The lowest BCUT2D eigenvalue weighted by molar-refractivity contribution is 0.0465. The summed E-state index contributed by atoms with van der Waals surface area (Å²) in [5.74, 6) is 0.370. The van der Waals surface area contributed by atoms with E-state index < -0.39 is 0 Å². The number of aromatic nitrogens is 2. The van der Waals surface area contributed by atoms with Gasteiger partial charge in [-0.15, -0.1) is 0 Å². The van der Waals surface area contributed by atoms with Crippen LogP contribution in [0.25, 0.3) is 0 Å². The van der Waals surface area contributed by atoms with Crippen LogP contribution >= 0.6 is 0 Å². The smallest absolute Gasteiger partial charge is 0.343 e. The van der Waals surface area contributed by atoms with Gasteiger partial charge in [0.05, 0.1) is 38.7 Å². The Hall–Kier alpha value is -3.16. The first-order chi connectivity index (χ1) is 14.3. The van der Waals surface area contributed by atoms with Crippen LogP contribution in [0.1, 0.15) is 54.4 Å². The second-order valence-electron chi connectivity index (χ2n) is 7.14. The van der Waals surface area contributed by atoms with Gasteiger partial charge >= 0.3 is 11.9 Å². The topological polar surface area (TPSA) is 96.8 Å². The molecule has 0 aromatic carbocycles. The standard InChI is InChI=1S/2C11H13NO3/c1-6-8-4-5-15-11(13)9(8)7(2)12-10(6)14-3;1-6-7(2)12-10(14-3)9-8(6)4-5-15-11(9)13/h2*4-5H2,1-3H3. The van der Waals surface area contributed by atoms with Gasteiger partial charge in [0, 0.05) is 24.1 Å². The Morgan fingerprint density at radius 2 is 1.20 bits per heavy atom. The van der Waals surface area contributed by atoms with Crippen LogP contribution in [0, 0.1) is 27.7 Å². The fraction of sp³-hybridized carbons (Fsp3) is 0.455. The van der Waals surface area contributed by atoms with Crippen LogP contribution in [0.4, 0.5) is 0 Å². The van der Waals surface area contributed by atoms with Crippen molar-refractivity contribution in [1.82, 2.24) is 9.97 Å². The second-order valence-corrected chi connectivity index (χ2v) is 7.14. The fourth-order valence-corrected chi connectivity index (χ4v) is 3.74. The number of pyridine rings is 2. The summed E-state index contributed by atoms with van der Waals surface area (Å²) in [6, 6.07) is 0. The Morgan fingerprint density at radius 1 is 0.700 bits per heavy atom. The fourth-order valence-electron chi connectivity index (χ4n) is 3.74. The van der Waals surface area contributed by atoms with Crippen LogP contribution in [0.15, 0.2) is 0 Å². The molecule has 2 aliphatic heterocycles. The zero-order chi connectivity index (χ0) is 22.0. The van der Waals surface area contributed by atoms with E-state index in [-0.39, 0.29) is 11.9 Å². The summed E-state index contributed by atoms with van der Waals surface area (Å²) in [6.45, 7) is 8.49. The van der Waals surface area contributed by atoms with Crippen LogP contribution in [0.2, 0.25) is 0 Å². The van der Waals surface area contributed by atoms with Crippen molar-refractivity contribution in [2.24, 2.45) is 0 Å². The van der Waals surface area contributed by atoms with E-state index >= 15 is 0 Å². The maximum atomic E-state index is 11.6. The molecule has 2 aromatic rings. The molecule has 0 saturated heterocycles. The van der Waals surface area contributed by atoms with Gasteiger partial charge in [-0.1, -0.05) is 0 Å². The van der Waals surface area contributed by atoms with E-state index in [0.717, 1.165) is 40.8 Å². The normalized spacial score (nSPS) is 14.5. The Kier molecular flexibility index (Phi) is 6.24. The summed E-state index contributed by atoms with van der Waals surface area (Å²) in [5.41, 5.74) is 6.70. The molecular weight excluding hydrogens is 388 g/mol. The first kappa shape index (κ1) is 21.5. The van der Waals surface area contributed by atoms with E-state index in [4.69, 9.17) is 18.9 Å². The lowest BCUT2D eigenvalue weighted by Gasteiger charge is -2.20. The minimum atomic E-state index is -0.330. The molecule has 160 valence electrons. The molecule has 0 fully saturated rings. The number of carbonyl (C=O) groups excluding carboxylic acids is 2. The van der Waals surface area contributed by atoms with Crippen molar-refractivity contribution in [3.8, 4) is 11.8 Å². The number of aryl methyl sites for hydroxylation is 2. The molecule has 0 unspecified atom stereocenters. The highest BCUT2D eigenvalue weighted by Crippen LogP contribution is 2.29. The van der Waals surface area contributed by atoms with E-state index in [9.17, 15) is 9.59 Å². The molecule has 4 rings (SSSR count). The van der Waals surface area contributed by atoms with E-state index in [1.807, 2.05) is 20.8 Å². The summed E-state index contributed by atoms with van der Waals surface area (Å²) in [6.07, 6.45) is 1.49. The zero-order valence-electron chi connectivity index (χ0n) is 18.2. The quantitative estimate of drug-likeness (QED) is 0.692. The molecule has 0 bridgehead atoms. The van der Waals surface area contributed by atoms with Gasteiger partial charge in [-0.3, -0.25) is 0 Å². The van der Waals surface area contributed by atoms with E-state index in [0.29, 0.717) is 41.8 Å². The maximum absolute atomic E-state index is 11.6. The average Bonchev–Trinajstić information content (AvgIpc) is 2.73. The van der Waals surface area contributed by atoms with E-state index in [1.54, 1.807) is 14.0 Å². The number of esters is 2. The van der Waals surface area contributed by atoms with Gasteiger partial charge in [0.1, 0.15) is 5.56 Å². The molecule has 0 saturated carbocycles. The summed E-state index contributed by atoms with van der Waals surface area (Å²) in [4.78, 5) is 31.6. The van der Waals surface area contributed by atoms with Crippen molar-refractivity contribution in [1.29, 1.82) is 0 Å². The highest BCUT2D eigenvalue weighted by molar-refractivity contribution is 5.95. The molecule has 8 heteroatoms. The molecule has 0 atom stereocenters. The molecule has 0 aliphatic carbocycles. The number of fused-ring (bicyclic) bond motifs is 2. The lowest BCUT2D eigenvalue weighted by atomic mass is 9.97. The molecule has 4 heterocycles. The van der Waals surface area contributed by atoms with Crippen LogP contribution in [0.3, 0.4) is 0 Å². The van der Waals surface area contributed by atoms with Crippen molar-refractivity contribution in [3.05, 3.63) is 44.8 Å². The van der Waals surface area contributed by atoms with Gasteiger partial charge in [0.2, 0.25) is 11.8 Å². The average molecular weight is 414 g/mol. The van der Waals surface area contributed by atoms with Gasteiger partial charge in [-0.05, 0) is 44.4 Å². The van der Waals surface area contributed by atoms with Crippen molar-refractivity contribution >= 4 is 11.9 Å². The van der Waals surface area contributed by atoms with Gasteiger partial charge in [0.25, 0.3) is 0 Å². The lowest BCUT2D eigenvalue weighted by Crippen LogP contribution is -2.21. The van der Waals surface area contributed by atoms with Gasteiger partial charge in [-0.25, -0.2) is 19.6 Å². The molecule has 2 aliphatic rings. The minimum absolute atomic E-state index is 0.271. The largest absolute Gasteiger partial charge is 0.481 e. The predicted molar refractivity (Wildman–Crippen MR) is 108 cm³/mol. The minimum Gasteiger partial charge on any atom is -0.481 e. The number of carbonyl (C=O) groups is 2. The van der Waals surface area contributed by atoms with Crippen LogP contribution < -0.4 is 9.47 Å². The summed E-state index contributed by atoms with van der Waals surface area (Å²) in [7, 11) is 3.10. The van der Waals surface area contributed by atoms with Crippen molar-refractivity contribution in [3.63, 3.8) is 0 Å². The summed E-state index contributed by atoms with van der Waals surface area (Å²) < 4.78 is 20.2. The van der Waals surface area contributed by atoms with Crippen LogP contribution in [-0.4, -0.2) is 49.3 Å². The first-order valence-electron chi connectivity index (χ1n) is 9.72. The molecule has 0 spiro atoms. The van der Waals surface area contributed by atoms with E-state index in [2.05, 4.69) is 9.97 Å². The molecule has 0 radical (unpaired) electrons. The number of nitrogens with zero attached hydrogens (tertiary/aromatic N) is 2. The highest BCUT2D eigenvalue weighted by Gasteiger charge is 2.27. The number of hydrogen-bond acceptors (Lipinski definition) is 8. The molecule has 30 heavy (non-hydrogen) atoms. The molecule has 8 nitrogen and oxygen atoms in total. The predicted octanol–water partition coefficient (Wildman–Crippen LogP) is 2.84. The zero-order valence-corrected chi connectivity index (χ0v) is 18.2. The third kappa shape index (κ3) is 3.81. The number of rotatable bonds is 2. The third-order valence-electron chi connectivity index (χ3n) is 5.45. The first-order valence-corrected chi connectivity index (χ1v) is 9.72. The van der Waals surface area contributed by atoms with Crippen molar-refractivity contribution < 1.29 is 28.5 Å². The molecule has 0 N–H and O–H groups in total. The summed E-state index contributed by atoms with van der Waals surface area (Å²) in [5, 5.41) is 0. The van der Waals surface area contributed by atoms with Crippen LogP contribution in [-0.2, 0) is 22.3 Å². The second kappa shape index (κ2) is 8.69. The number of methoxy groups -OCH3 is 2. The third-order valence-corrected chi connectivity index (χ3v) is 5.45. The Morgan fingerprint density at radius 3 is 1.77 bits per heavy atom. The monoisotopic (exact) mass is 414 g/mol. The Bertz CT molecular complexity index is 1010. The molecular formula is C22H26N2O6.